The van der Waals surface area contributed by atoms with E-state index in [1.807, 2.05) is 0 Å². The molecule has 0 unspecified atom stereocenters. The summed E-state index contributed by atoms with van der Waals surface area (Å²) in [6, 6.07) is 22.2. The second-order valence-electron chi connectivity index (χ2n) is 7.31. The molecule has 4 aromatic rings. The lowest BCUT2D eigenvalue weighted by Gasteiger charge is -2.23. The fourth-order valence-electron chi connectivity index (χ4n) is 4.43. The van der Waals surface area contributed by atoms with Crippen molar-refractivity contribution in [1.29, 1.82) is 0 Å². The number of halogens is 2. The third-order valence-electron chi connectivity index (χ3n) is 5.54. The van der Waals surface area contributed by atoms with Crippen LogP contribution in [-0.4, -0.2) is 0 Å². The molecule has 1 aliphatic carbocycles. The van der Waals surface area contributed by atoms with Crippen LogP contribution in [0.15, 0.2) is 69.6 Å². The van der Waals surface area contributed by atoms with Gasteiger partial charge in [-0.25, -0.2) is 0 Å². The predicted molar refractivity (Wildman–Crippen MR) is 114 cm³/mol. The van der Waals surface area contributed by atoms with Crippen molar-refractivity contribution >= 4 is 53.4 Å². The van der Waals surface area contributed by atoms with Gasteiger partial charge in [0.15, 0.2) is 0 Å². The quantitative estimate of drug-likeness (QED) is 0.255. The molecule has 0 spiro atoms. The zero-order chi connectivity index (χ0) is 17.3. The minimum Gasteiger partial charge on any atom is -0.0616 e. The van der Waals surface area contributed by atoms with Crippen LogP contribution >= 0.6 is 31.9 Å². The molecule has 0 radical (unpaired) electrons. The van der Waals surface area contributed by atoms with Gasteiger partial charge < -0.3 is 0 Å². The fourth-order valence-corrected chi connectivity index (χ4v) is 5.38. The maximum atomic E-state index is 3.80. The number of hydrogen-bond acceptors (Lipinski definition) is 0. The Morgan fingerprint density at radius 3 is 2.32 bits per heavy atom. The fraction of sp³-hybridized carbons (Fsp3) is 0.130. The number of rotatable bonds is 0. The maximum absolute atomic E-state index is 3.80. The van der Waals surface area contributed by atoms with Crippen LogP contribution in [0.1, 0.15) is 25.0 Å². The molecule has 0 amide bonds. The summed E-state index contributed by atoms with van der Waals surface area (Å²) in [6.07, 6.45) is 0. The molecular weight excluding hydrogens is 436 g/mol. The topological polar surface area (TPSA) is 0 Å². The van der Waals surface area contributed by atoms with Crippen LogP contribution in [0.4, 0.5) is 0 Å². The molecule has 0 aromatic heterocycles. The highest BCUT2D eigenvalue weighted by Gasteiger charge is 2.38. The molecule has 2 heteroatoms. The Kier molecular flexibility index (Phi) is 3.24. The minimum absolute atomic E-state index is 0.0233. The lowest BCUT2D eigenvalue weighted by Crippen LogP contribution is -2.15. The molecule has 0 aliphatic heterocycles. The number of hydrogen-bond donors (Lipinski definition) is 0. The smallest absolute Gasteiger partial charge is 0.0257 e. The van der Waals surface area contributed by atoms with E-state index in [0.29, 0.717) is 0 Å². The van der Waals surface area contributed by atoms with Gasteiger partial charge in [0.1, 0.15) is 0 Å². The summed E-state index contributed by atoms with van der Waals surface area (Å²) in [6.45, 7) is 4.70. The number of benzene rings is 4. The van der Waals surface area contributed by atoms with E-state index in [1.54, 1.807) is 0 Å². The molecule has 0 atom stereocenters. The van der Waals surface area contributed by atoms with Crippen molar-refractivity contribution in [2.45, 2.75) is 19.3 Å². The van der Waals surface area contributed by atoms with Crippen molar-refractivity contribution in [3.05, 3.63) is 80.7 Å². The van der Waals surface area contributed by atoms with Gasteiger partial charge in [-0.1, -0.05) is 88.2 Å². The average Bonchev–Trinajstić information content (AvgIpc) is 2.83. The predicted octanol–water partition coefficient (Wildman–Crippen LogP) is 7.82. The summed E-state index contributed by atoms with van der Waals surface area (Å²) < 4.78 is 2.30. The van der Waals surface area contributed by atoms with E-state index < -0.39 is 0 Å². The first-order valence-corrected chi connectivity index (χ1v) is 10.0. The van der Waals surface area contributed by atoms with Crippen LogP contribution in [0.25, 0.3) is 32.7 Å². The van der Waals surface area contributed by atoms with Gasteiger partial charge in [-0.2, -0.15) is 0 Å². The number of fused-ring (bicyclic) bond motifs is 7. The van der Waals surface area contributed by atoms with E-state index in [1.165, 1.54) is 48.3 Å². The molecule has 0 saturated carbocycles. The van der Waals surface area contributed by atoms with E-state index in [4.69, 9.17) is 0 Å². The molecule has 25 heavy (non-hydrogen) atoms. The molecule has 4 aromatic carbocycles. The van der Waals surface area contributed by atoms with Gasteiger partial charge in [-0.15, -0.1) is 0 Å². The summed E-state index contributed by atoms with van der Waals surface area (Å²) in [7, 11) is 0. The Labute approximate surface area is 164 Å². The molecule has 0 N–H and O–H groups in total. The van der Waals surface area contributed by atoms with Crippen LogP contribution in [0, 0.1) is 0 Å². The molecule has 0 bridgehead atoms. The lowest BCUT2D eigenvalue weighted by molar-refractivity contribution is 0.666. The van der Waals surface area contributed by atoms with E-state index in [9.17, 15) is 0 Å². The van der Waals surface area contributed by atoms with Crippen molar-refractivity contribution in [2.75, 3.05) is 0 Å². The maximum Gasteiger partial charge on any atom is 0.0257 e. The Bertz CT molecular complexity index is 1190. The molecule has 0 heterocycles. The second kappa shape index (κ2) is 5.18. The van der Waals surface area contributed by atoms with Gasteiger partial charge in [0.25, 0.3) is 0 Å². The van der Waals surface area contributed by atoms with Gasteiger partial charge in [-0.3, -0.25) is 0 Å². The molecule has 0 nitrogen and oxygen atoms in total. The zero-order valence-electron chi connectivity index (χ0n) is 14.0. The monoisotopic (exact) mass is 450 g/mol. The third-order valence-corrected chi connectivity index (χ3v) is 6.69. The lowest BCUT2D eigenvalue weighted by atomic mass is 9.80. The van der Waals surface area contributed by atoms with Gasteiger partial charge in [-0.05, 0) is 62.0 Å². The van der Waals surface area contributed by atoms with Gasteiger partial charge in [0, 0.05) is 14.4 Å². The normalized spacial score (nSPS) is 14.7. The molecule has 5 rings (SSSR count). The molecule has 0 fully saturated rings. The van der Waals surface area contributed by atoms with Crippen molar-refractivity contribution in [3.63, 3.8) is 0 Å². The van der Waals surface area contributed by atoms with Crippen molar-refractivity contribution in [3.8, 4) is 11.1 Å². The summed E-state index contributed by atoms with van der Waals surface area (Å²) in [4.78, 5) is 0. The summed E-state index contributed by atoms with van der Waals surface area (Å²) in [5.74, 6) is 0. The third kappa shape index (κ3) is 2.04. The molecular formula is C23H16Br2. The first kappa shape index (κ1) is 15.6. The van der Waals surface area contributed by atoms with Crippen LogP contribution in [0.2, 0.25) is 0 Å². The highest BCUT2D eigenvalue weighted by atomic mass is 79.9. The second-order valence-corrected chi connectivity index (χ2v) is 9.08. The highest BCUT2D eigenvalue weighted by Crippen LogP contribution is 2.54. The van der Waals surface area contributed by atoms with E-state index in [2.05, 4.69) is 106 Å². The Morgan fingerprint density at radius 1 is 0.760 bits per heavy atom. The van der Waals surface area contributed by atoms with Crippen LogP contribution in [0.3, 0.4) is 0 Å². The van der Waals surface area contributed by atoms with Crippen LogP contribution < -0.4 is 0 Å². The van der Waals surface area contributed by atoms with Crippen LogP contribution in [0.5, 0.6) is 0 Å². The summed E-state index contributed by atoms with van der Waals surface area (Å²) in [5.41, 5.74) is 5.59. The average molecular weight is 452 g/mol. The Balaban J connectivity index is 2.00. The molecule has 1 aliphatic rings. The summed E-state index contributed by atoms with van der Waals surface area (Å²) in [5, 5.41) is 5.25. The largest absolute Gasteiger partial charge is 0.0616 e. The first-order valence-electron chi connectivity index (χ1n) is 8.43. The van der Waals surface area contributed by atoms with Gasteiger partial charge in [0.05, 0.1) is 0 Å². The molecule has 0 saturated heterocycles. The molecule has 122 valence electrons. The van der Waals surface area contributed by atoms with Crippen LogP contribution in [-0.2, 0) is 5.41 Å². The first-order chi connectivity index (χ1) is 12.0. The Hall–Kier alpha value is -1.64. The highest BCUT2D eigenvalue weighted by molar-refractivity contribution is 9.11. The van der Waals surface area contributed by atoms with E-state index in [-0.39, 0.29) is 5.41 Å². The minimum atomic E-state index is -0.0233. The summed E-state index contributed by atoms with van der Waals surface area (Å²) >= 11 is 7.41. The van der Waals surface area contributed by atoms with Gasteiger partial charge >= 0.3 is 0 Å². The Morgan fingerprint density at radius 2 is 1.52 bits per heavy atom. The zero-order valence-corrected chi connectivity index (χ0v) is 17.2. The van der Waals surface area contributed by atoms with E-state index >= 15 is 0 Å². The van der Waals surface area contributed by atoms with Crippen molar-refractivity contribution < 1.29 is 0 Å². The van der Waals surface area contributed by atoms with Crippen molar-refractivity contribution in [2.24, 2.45) is 0 Å². The van der Waals surface area contributed by atoms with Gasteiger partial charge in [0.2, 0.25) is 0 Å². The standard InChI is InChI=1S/C23H16Br2/c1-23(2)19-12-20(25)16-5-3-4-6-17(16)21(19)18-9-7-13-11-14(24)8-10-15(13)22(18)23/h3-12H,1-2H3. The van der Waals surface area contributed by atoms with Crippen molar-refractivity contribution in [1.82, 2.24) is 0 Å². The SMILES string of the molecule is CC1(C)c2cc(Br)c3ccccc3c2-c2ccc3cc(Br)ccc3c21. The van der Waals surface area contributed by atoms with E-state index in [0.717, 1.165) is 4.47 Å².